The molecule has 2 rings (SSSR count). The summed E-state index contributed by atoms with van der Waals surface area (Å²) in [5, 5.41) is 2.83. The molecule has 1 amide bonds. The minimum Gasteiger partial charge on any atom is -0.497 e. The van der Waals surface area contributed by atoms with Crippen molar-refractivity contribution in [1.82, 2.24) is 0 Å². The molecule has 0 aliphatic carbocycles. The molecule has 22 heavy (non-hydrogen) atoms. The first-order valence-electron chi connectivity index (χ1n) is 6.99. The first-order valence-corrected chi connectivity index (χ1v) is 6.99. The zero-order chi connectivity index (χ0) is 15.9. The predicted octanol–water partition coefficient (Wildman–Crippen LogP) is 3.41. The largest absolute Gasteiger partial charge is 0.497 e. The van der Waals surface area contributed by atoms with E-state index in [2.05, 4.69) is 5.32 Å². The second-order valence-electron chi connectivity index (χ2n) is 5.04. The van der Waals surface area contributed by atoms with Gasteiger partial charge < -0.3 is 15.0 Å². The van der Waals surface area contributed by atoms with E-state index in [9.17, 15) is 4.79 Å². The van der Waals surface area contributed by atoms with Gasteiger partial charge in [0.2, 0.25) is 5.91 Å². The van der Waals surface area contributed by atoms with Gasteiger partial charge >= 0.3 is 0 Å². The van der Waals surface area contributed by atoms with Gasteiger partial charge in [0.1, 0.15) is 5.75 Å². The Morgan fingerprint density at radius 2 is 1.86 bits per heavy atom. The van der Waals surface area contributed by atoms with Gasteiger partial charge in [0.15, 0.2) is 0 Å². The van der Waals surface area contributed by atoms with Gasteiger partial charge in [0.05, 0.1) is 7.11 Å². The fraction of sp³-hybridized carbons (Fsp3) is 0.167. The zero-order valence-corrected chi connectivity index (χ0v) is 13.0. The molecule has 0 radical (unpaired) electrons. The predicted molar refractivity (Wildman–Crippen MR) is 91.4 cm³/mol. The van der Waals surface area contributed by atoms with Gasteiger partial charge in [-0.05, 0) is 48.0 Å². The molecule has 0 saturated heterocycles. The van der Waals surface area contributed by atoms with Crippen molar-refractivity contribution in [3.8, 4) is 5.75 Å². The van der Waals surface area contributed by atoms with Crippen LogP contribution in [0.5, 0.6) is 5.75 Å². The average Bonchev–Trinajstić information content (AvgIpc) is 2.53. The molecule has 0 atom stereocenters. The first kappa shape index (κ1) is 15.6. The third-order valence-corrected chi connectivity index (χ3v) is 3.17. The van der Waals surface area contributed by atoms with Crippen molar-refractivity contribution < 1.29 is 9.53 Å². The van der Waals surface area contributed by atoms with Crippen molar-refractivity contribution in [3.05, 3.63) is 60.2 Å². The number of carbonyl (C=O) groups excluding carboxylic acids is 1. The van der Waals surface area contributed by atoms with Crippen LogP contribution in [0.4, 0.5) is 11.4 Å². The molecule has 0 unspecified atom stereocenters. The Morgan fingerprint density at radius 3 is 2.50 bits per heavy atom. The van der Waals surface area contributed by atoms with Crippen LogP contribution in [0.2, 0.25) is 0 Å². The van der Waals surface area contributed by atoms with E-state index in [1.165, 1.54) is 6.08 Å². The first-order chi connectivity index (χ1) is 10.6. The smallest absolute Gasteiger partial charge is 0.248 e. The van der Waals surface area contributed by atoms with E-state index in [0.29, 0.717) is 0 Å². The van der Waals surface area contributed by atoms with Crippen molar-refractivity contribution in [2.45, 2.75) is 0 Å². The van der Waals surface area contributed by atoms with Crippen LogP contribution >= 0.6 is 0 Å². The number of rotatable bonds is 5. The fourth-order valence-corrected chi connectivity index (χ4v) is 1.94. The van der Waals surface area contributed by atoms with Crippen LogP contribution < -0.4 is 15.0 Å². The number of amides is 1. The maximum absolute atomic E-state index is 11.9. The van der Waals surface area contributed by atoms with Crippen molar-refractivity contribution in [3.63, 3.8) is 0 Å². The lowest BCUT2D eigenvalue weighted by molar-refractivity contribution is -0.111. The van der Waals surface area contributed by atoms with Crippen molar-refractivity contribution in [2.24, 2.45) is 0 Å². The van der Waals surface area contributed by atoms with E-state index >= 15 is 0 Å². The topological polar surface area (TPSA) is 41.6 Å². The molecule has 0 bridgehead atoms. The highest BCUT2D eigenvalue weighted by atomic mass is 16.5. The number of nitrogens with one attached hydrogen (secondary N) is 1. The average molecular weight is 296 g/mol. The Kier molecular flexibility index (Phi) is 5.20. The maximum Gasteiger partial charge on any atom is 0.248 e. The summed E-state index contributed by atoms with van der Waals surface area (Å²) < 4.78 is 5.15. The fourth-order valence-electron chi connectivity index (χ4n) is 1.94. The molecule has 0 aliphatic rings. The molecule has 0 spiro atoms. The molecule has 1 N–H and O–H groups in total. The highest BCUT2D eigenvalue weighted by Crippen LogP contribution is 2.16. The molecule has 0 saturated carbocycles. The molecule has 0 heterocycles. The van der Waals surface area contributed by atoms with Crippen molar-refractivity contribution in [2.75, 3.05) is 31.4 Å². The molecule has 4 heteroatoms. The minimum absolute atomic E-state index is 0.166. The zero-order valence-electron chi connectivity index (χ0n) is 13.0. The number of nitrogens with zero attached hydrogens (tertiary/aromatic N) is 1. The quantitative estimate of drug-likeness (QED) is 0.860. The summed E-state index contributed by atoms with van der Waals surface area (Å²) >= 11 is 0. The number of benzene rings is 2. The third kappa shape index (κ3) is 4.38. The molecule has 2 aromatic carbocycles. The highest BCUT2D eigenvalue weighted by molar-refractivity contribution is 6.02. The van der Waals surface area contributed by atoms with Gasteiger partial charge in [-0.25, -0.2) is 0 Å². The Bertz CT molecular complexity index is 661. The third-order valence-electron chi connectivity index (χ3n) is 3.17. The lowest BCUT2D eigenvalue weighted by atomic mass is 10.2. The van der Waals surface area contributed by atoms with Gasteiger partial charge in [-0.2, -0.15) is 0 Å². The van der Waals surface area contributed by atoms with Crippen LogP contribution in [0.25, 0.3) is 6.08 Å². The Balaban J connectivity index is 1.98. The van der Waals surface area contributed by atoms with Gasteiger partial charge in [-0.3, -0.25) is 4.79 Å². The standard InChI is InChI=1S/C18H20N2O2/c1-20(2)16-10-8-15(9-11-16)19-18(21)12-7-14-5-4-6-17(13-14)22-3/h4-13H,1-3H3,(H,19,21)/b12-7+. The Morgan fingerprint density at radius 1 is 1.14 bits per heavy atom. The Labute approximate surface area is 131 Å². The summed E-state index contributed by atoms with van der Waals surface area (Å²) in [6.07, 6.45) is 3.26. The van der Waals surface area contributed by atoms with Gasteiger partial charge in [0.25, 0.3) is 0 Å². The summed E-state index contributed by atoms with van der Waals surface area (Å²) in [6.45, 7) is 0. The molecule has 0 aliphatic heterocycles. The SMILES string of the molecule is COc1cccc(/C=C/C(=O)Nc2ccc(N(C)C)cc2)c1. The van der Waals surface area contributed by atoms with Crippen LogP contribution in [-0.4, -0.2) is 27.1 Å². The van der Waals surface area contributed by atoms with Crippen LogP contribution in [0.3, 0.4) is 0 Å². The molecular weight excluding hydrogens is 276 g/mol. The van der Waals surface area contributed by atoms with E-state index in [1.807, 2.05) is 67.5 Å². The van der Waals surface area contributed by atoms with Crippen molar-refractivity contribution >= 4 is 23.4 Å². The second-order valence-corrected chi connectivity index (χ2v) is 5.04. The molecule has 4 nitrogen and oxygen atoms in total. The number of carbonyl (C=O) groups is 1. The van der Waals surface area contributed by atoms with Crippen LogP contribution in [0, 0.1) is 0 Å². The maximum atomic E-state index is 11.9. The lowest BCUT2D eigenvalue weighted by Gasteiger charge is -2.12. The minimum atomic E-state index is -0.166. The number of hydrogen-bond donors (Lipinski definition) is 1. The van der Waals surface area contributed by atoms with E-state index in [-0.39, 0.29) is 5.91 Å². The monoisotopic (exact) mass is 296 g/mol. The summed E-state index contributed by atoms with van der Waals surface area (Å²) in [5.41, 5.74) is 2.77. The number of ether oxygens (including phenoxy) is 1. The summed E-state index contributed by atoms with van der Waals surface area (Å²) in [4.78, 5) is 13.9. The van der Waals surface area contributed by atoms with Crippen molar-refractivity contribution in [1.29, 1.82) is 0 Å². The van der Waals surface area contributed by atoms with E-state index in [0.717, 1.165) is 22.7 Å². The molecule has 0 aromatic heterocycles. The van der Waals surface area contributed by atoms with E-state index in [4.69, 9.17) is 4.74 Å². The van der Waals surface area contributed by atoms with Crippen LogP contribution in [-0.2, 0) is 4.79 Å². The number of methoxy groups -OCH3 is 1. The van der Waals surface area contributed by atoms with E-state index < -0.39 is 0 Å². The summed E-state index contributed by atoms with van der Waals surface area (Å²) in [7, 11) is 5.57. The summed E-state index contributed by atoms with van der Waals surface area (Å²) in [6, 6.07) is 15.2. The van der Waals surface area contributed by atoms with Gasteiger partial charge in [-0.15, -0.1) is 0 Å². The van der Waals surface area contributed by atoms with Crippen LogP contribution in [0.15, 0.2) is 54.6 Å². The Hall–Kier alpha value is -2.75. The van der Waals surface area contributed by atoms with Gasteiger partial charge in [0, 0.05) is 31.5 Å². The molecule has 0 fully saturated rings. The molecular formula is C18H20N2O2. The highest BCUT2D eigenvalue weighted by Gasteiger charge is 2.00. The summed E-state index contributed by atoms with van der Waals surface area (Å²) in [5.74, 6) is 0.599. The normalized spacial score (nSPS) is 10.5. The van der Waals surface area contributed by atoms with Crippen LogP contribution in [0.1, 0.15) is 5.56 Å². The van der Waals surface area contributed by atoms with Gasteiger partial charge in [-0.1, -0.05) is 12.1 Å². The van der Waals surface area contributed by atoms with E-state index in [1.54, 1.807) is 13.2 Å². The lowest BCUT2D eigenvalue weighted by Crippen LogP contribution is -2.10. The molecule has 114 valence electrons. The molecule has 2 aromatic rings. The number of hydrogen-bond acceptors (Lipinski definition) is 3. The second kappa shape index (κ2) is 7.31. The number of anilines is 2.